The van der Waals surface area contributed by atoms with Gasteiger partial charge in [0.2, 0.25) is 17.7 Å². The minimum Gasteiger partial charge on any atom is -0.389 e. The smallest absolute Gasteiger partial charge is 0.244 e. The molecule has 3 rings (SSSR count). The summed E-state index contributed by atoms with van der Waals surface area (Å²) in [7, 11) is 0. The van der Waals surface area contributed by atoms with Gasteiger partial charge in [0.05, 0.1) is 59.6 Å². The Morgan fingerprint density at radius 1 is 1.10 bits per heavy atom. The van der Waals surface area contributed by atoms with Crippen molar-refractivity contribution in [3.63, 3.8) is 0 Å². The Balaban J connectivity index is 1.44. The number of hydrogen-bond acceptors (Lipinski definition) is 7. The van der Waals surface area contributed by atoms with Crippen molar-refractivity contribution in [2.45, 2.75) is 102 Å². The molecule has 0 unspecified atom stereocenters. The molecular formula is C30H46IN3O7. The third-order valence-electron chi connectivity index (χ3n) is 7.71. The van der Waals surface area contributed by atoms with Crippen LogP contribution in [0.25, 0.3) is 0 Å². The standard InChI is InChI=1S/C30H46IN3O7/c1-19(6-9-26-20(2)13-25(22(4)40-26)34-27(36)10-7-21(3)35)5-8-23-15-30(18-39-30)16-24(41-23)14-28(37)32-11-12-33-29(38)17-31/h5-8,10,20-26,35H,9,11-18H2,1-4H3,(H,32,37)(H,33,38)(H,34,36)/b8-5+,10-7-,19-6+/t20-,21-,22+,23+,24+,25+,26-,30+/m0/s1. The number of hydrogen-bond donors (Lipinski definition) is 4. The Bertz CT molecular complexity index is 995. The quantitative estimate of drug-likeness (QED) is 0.0583. The van der Waals surface area contributed by atoms with E-state index >= 15 is 0 Å². The van der Waals surface area contributed by atoms with Crippen LogP contribution in [0.15, 0.2) is 36.0 Å². The van der Waals surface area contributed by atoms with Crippen LogP contribution in [-0.2, 0) is 28.6 Å². The van der Waals surface area contributed by atoms with Gasteiger partial charge in [-0.25, -0.2) is 0 Å². The number of aliphatic hydroxyl groups excluding tert-OH is 1. The van der Waals surface area contributed by atoms with Gasteiger partial charge in [0.1, 0.15) is 0 Å². The van der Waals surface area contributed by atoms with E-state index < -0.39 is 6.10 Å². The molecule has 0 aromatic carbocycles. The number of carbonyl (C=O) groups is 3. The van der Waals surface area contributed by atoms with Gasteiger partial charge in [0.25, 0.3) is 0 Å². The molecule has 3 heterocycles. The number of allylic oxidation sites excluding steroid dienone is 2. The van der Waals surface area contributed by atoms with E-state index in [1.54, 1.807) is 6.92 Å². The summed E-state index contributed by atoms with van der Waals surface area (Å²) >= 11 is 2.00. The van der Waals surface area contributed by atoms with Crippen LogP contribution in [0.5, 0.6) is 0 Å². The second-order valence-corrected chi connectivity index (χ2v) is 12.3. The van der Waals surface area contributed by atoms with Crippen LogP contribution in [0.1, 0.15) is 59.8 Å². The van der Waals surface area contributed by atoms with Crippen LogP contribution < -0.4 is 16.0 Å². The average molecular weight is 688 g/mol. The molecule has 0 aliphatic carbocycles. The maximum atomic E-state index is 12.4. The molecule has 10 nitrogen and oxygen atoms in total. The molecule has 0 radical (unpaired) electrons. The highest BCUT2D eigenvalue weighted by Crippen LogP contribution is 2.43. The van der Waals surface area contributed by atoms with Crippen LogP contribution in [0, 0.1) is 5.92 Å². The molecule has 0 aromatic heterocycles. The van der Waals surface area contributed by atoms with Crippen molar-refractivity contribution in [2.75, 3.05) is 24.1 Å². The zero-order valence-corrected chi connectivity index (χ0v) is 26.7. The summed E-state index contributed by atoms with van der Waals surface area (Å²) in [5, 5.41) is 17.9. The molecule has 3 amide bonds. The molecule has 4 N–H and O–H groups in total. The summed E-state index contributed by atoms with van der Waals surface area (Å²) in [6.07, 6.45) is 11.4. The van der Waals surface area contributed by atoms with E-state index in [-0.39, 0.29) is 66.1 Å². The fourth-order valence-electron chi connectivity index (χ4n) is 5.31. The van der Waals surface area contributed by atoms with Crippen LogP contribution in [0.2, 0.25) is 0 Å². The zero-order chi connectivity index (χ0) is 30.0. The molecule has 3 saturated heterocycles. The third kappa shape index (κ3) is 11.8. The first-order valence-corrected chi connectivity index (χ1v) is 16.1. The number of rotatable bonds is 13. The van der Waals surface area contributed by atoms with Crippen molar-refractivity contribution in [1.29, 1.82) is 0 Å². The zero-order valence-electron chi connectivity index (χ0n) is 24.6. The average Bonchev–Trinajstić information content (AvgIpc) is 3.66. The summed E-state index contributed by atoms with van der Waals surface area (Å²) in [5.74, 6) is -0.0892. The number of epoxide rings is 1. The number of amides is 3. The summed E-state index contributed by atoms with van der Waals surface area (Å²) in [5.41, 5.74) is 0.916. The lowest BCUT2D eigenvalue weighted by molar-refractivity contribution is -0.128. The van der Waals surface area contributed by atoms with E-state index in [4.69, 9.17) is 14.2 Å². The highest BCUT2D eigenvalue weighted by Gasteiger charge is 2.51. The first-order valence-electron chi connectivity index (χ1n) is 14.5. The summed E-state index contributed by atoms with van der Waals surface area (Å²) in [4.78, 5) is 35.9. The maximum Gasteiger partial charge on any atom is 0.244 e. The van der Waals surface area contributed by atoms with E-state index in [0.717, 1.165) is 24.8 Å². The number of carbonyl (C=O) groups excluding carboxylic acids is 3. The van der Waals surface area contributed by atoms with E-state index in [1.165, 1.54) is 12.2 Å². The Morgan fingerprint density at radius 2 is 1.80 bits per heavy atom. The van der Waals surface area contributed by atoms with Gasteiger partial charge < -0.3 is 35.3 Å². The van der Waals surface area contributed by atoms with Crippen LogP contribution in [-0.4, -0.2) is 89.1 Å². The lowest BCUT2D eigenvalue weighted by Crippen LogP contribution is -2.50. The monoisotopic (exact) mass is 687 g/mol. The second kappa shape index (κ2) is 16.2. The molecule has 3 fully saturated rings. The SMILES string of the molecule is CC(/C=C/[C@@H]1C[C@]2(CO2)C[C@@H](CC(=O)NCCNC(=O)CI)O1)=C\C[C@@H]1O[C@H](C)[C@H](NC(=O)/C=C\[C@H](C)O)C[C@@H]1C. The van der Waals surface area contributed by atoms with Gasteiger partial charge in [0, 0.05) is 32.0 Å². The number of aliphatic hydroxyl groups is 1. The van der Waals surface area contributed by atoms with Crippen molar-refractivity contribution >= 4 is 40.3 Å². The minimum atomic E-state index is -0.661. The van der Waals surface area contributed by atoms with Gasteiger partial charge in [-0.2, -0.15) is 0 Å². The van der Waals surface area contributed by atoms with Gasteiger partial charge in [-0.1, -0.05) is 59.4 Å². The number of halogens is 1. The highest BCUT2D eigenvalue weighted by atomic mass is 127. The summed E-state index contributed by atoms with van der Waals surface area (Å²) < 4.78 is 18.7. The largest absolute Gasteiger partial charge is 0.389 e. The molecule has 1 spiro atoms. The van der Waals surface area contributed by atoms with E-state index in [2.05, 4.69) is 48.0 Å². The normalized spacial score (nSPS) is 32.7. The van der Waals surface area contributed by atoms with Gasteiger partial charge in [-0.3, -0.25) is 14.4 Å². The fourth-order valence-corrected chi connectivity index (χ4v) is 5.58. The predicted octanol–water partition coefficient (Wildman–Crippen LogP) is 2.49. The van der Waals surface area contributed by atoms with Crippen molar-refractivity contribution < 1.29 is 33.7 Å². The van der Waals surface area contributed by atoms with Crippen LogP contribution in [0.3, 0.4) is 0 Å². The van der Waals surface area contributed by atoms with E-state index in [1.807, 2.05) is 29.5 Å². The minimum absolute atomic E-state index is 0.0462. The predicted molar refractivity (Wildman–Crippen MR) is 164 cm³/mol. The Morgan fingerprint density at radius 3 is 2.46 bits per heavy atom. The summed E-state index contributed by atoms with van der Waals surface area (Å²) in [6.45, 7) is 9.28. The molecule has 41 heavy (non-hydrogen) atoms. The number of nitrogens with one attached hydrogen (secondary N) is 3. The van der Waals surface area contributed by atoms with Gasteiger partial charge in [0.15, 0.2) is 0 Å². The summed E-state index contributed by atoms with van der Waals surface area (Å²) in [6, 6.07) is -0.0746. The van der Waals surface area contributed by atoms with E-state index in [0.29, 0.717) is 30.5 Å². The van der Waals surface area contributed by atoms with Gasteiger partial charge in [-0.05, 0) is 39.5 Å². The maximum absolute atomic E-state index is 12.4. The molecule has 0 aromatic rings. The van der Waals surface area contributed by atoms with Crippen molar-refractivity contribution in [3.8, 4) is 0 Å². The second-order valence-electron chi connectivity index (χ2n) is 11.6. The highest BCUT2D eigenvalue weighted by molar-refractivity contribution is 14.1. The van der Waals surface area contributed by atoms with Crippen LogP contribution in [0.4, 0.5) is 0 Å². The van der Waals surface area contributed by atoms with Gasteiger partial charge in [-0.15, -0.1) is 0 Å². The molecule has 8 atom stereocenters. The number of alkyl halides is 1. The Labute approximate surface area is 257 Å². The van der Waals surface area contributed by atoms with Crippen LogP contribution >= 0.6 is 22.6 Å². The fraction of sp³-hybridized carbons (Fsp3) is 0.700. The van der Waals surface area contributed by atoms with Crippen molar-refractivity contribution in [2.24, 2.45) is 5.92 Å². The van der Waals surface area contributed by atoms with Crippen molar-refractivity contribution in [1.82, 2.24) is 16.0 Å². The lowest BCUT2D eigenvalue weighted by atomic mass is 9.88. The molecular weight excluding hydrogens is 641 g/mol. The van der Waals surface area contributed by atoms with E-state index in [9.17, 15) is 19.5 Å². The molecule has 3 aliphatic rings. The first kappa shape index (κ1) is 33.7. The number of ether oxygens (including phenoxy) is 3. The van der Waals surface area contributed by atoms with Crippen molar-refractivity contribution in [3.05, 3.63) is 36.0 Å². The topological polar surface area (TPSA) is 139 Å². The molecule has 0 saturated carbocycles. The molecule has 3 aliphatic heterocycles. The Hall–Kier alpha value is -1.80. The Kier molecular flexibility index (Phi) is 13.3. The third-order valence-corrected chi connectivity index (χ3v) is 8.41. The van der Waals surface area contributed by atoms with Gasteiger partial charge >= 0.3 is 0 Å². The lowest BCUT2D eigenvalue weighted by Gasteiger charge is -2.39. The molecule has 11 heteroatoms. The first-order chi connectivity index (χ1) is 19.5. The molecule has 230 valence electrons. The molecule has 0 bridgehead atoms.